The molecule has 0 saturated carbocycles. The van der Waals surface area contributed by atoms with Crippen LogP contribution >= 0.6 is 0 Å². The lowest BCUT2D eigenvalue weighted by Crippen LogP contribution is -2.03. The standard InChI is InChI=1S/C14H13F2NO/c1-9-5-6-10(7-13(9)16)18-8-11-12(15)3-2-4-14(11)17/h2-7H,8,17H2,1H3. The van der Waals surface area contributed by atoms with Gasteiger partial charge in [-0.25, -0.2) is 8.78 Å². The molecule has 0 radical (unpaired) electrons. The van der Waals surface area contributed by atoms with Crippen molar-refractivity contribution in [1.82, 2.24) is 0 Å². The maximum Gasteiger partial charge on any atom is 0.131 e. The van der Waals surface area contributed by atoms with Crippen LogP contribution in [-0.4, -0.2) is 0 Å². The van der Waals surface area contributed by atoms with E-state index in [1.54, 1.807) is 25.1 Å². The van der Waals surface area contributed by atoms with Gasteiger partial charge in [-0.2, -0.15) is 0 Å². The molecule has 2 rings (SSSR count). The van der Waals surface area contributed by atoms with Gasteiger partial charge in [0.2, 0.25) is 0 Å². The first kappa shape index (κ1) is 12.4. The Bertz CT molecular complexity index is 549. The van der Waals surface area contributed by atoms with Gasteiger partial charge in [-0.3, -0.25) is 0 Å². The smallest absolute Gasteiger partial charge is 0.131 e. The van der Waals surface area contributed by atoms with Crippen molar-refractivity contribution in [3.05, 3.63) is 59.2 Å². The van der Waals surface area contributed by atoms with Crippen molar-refractivity contribution in [2.45, 2.75) is 13.5 Å². The molecule has 0 heterocycles. The van der Waals surface area contributed by atoms with Crippen LogP contribution in [0, 0.1) is 18.6 Å². The zero-order valence-electron chi connectivity index (χ0n) is 9.91. The van der Waals surface area contributed by atoms with Gasteiger partial charge in [-0.1, -0.05) is 12.1 Å². The fraction of sp³-hybridized carbons (Fsp3) is 0.143. The molecular formula is C14H13F2NO. The molecule has 0 aliphatic heterocycles. The first-order valence-corrected chi connectivity index (χ1v) is 5.50. The molecule has 94 valence electrons. The third-order valence-electron chi connectivity index (χ3n) is 2.68. The van der Waals surface area contributed by atoms with Crippen LogP contribution < -0.4 is 10.5 Å². The maximum atomic E-state index is 13.5. The van der Waals surface area contributed by atoms with Gasteiger partial charge in [0.15, 0.2) is 0 Å². The van der Waals surface area contributed by atoms with Crippen molar-refractivity contribution < 1.29 is 13.5 Å². The Balaban J connectivity index is 2.14. The van der Waals surface area contributed by atoms with E-state index in [-0.39, 0.29) is 18.0 Å². The number of anilines is 1. The SMILES string of the molecule is Cc1ccc(OCc2c(N)cccc2F)cc1F. The van der Waals surface area contributed by atoms with Gasteiger partial charge >= 0.3 is 0 Å². The van der Waals surface area contributed by atoms with E-state index in [1.807, 2.05) is 0 Å². The number of ether oxygens (including phenoxy) is 1. The van der Waals surface area contributed by atoms with Crippen LogP contribution in [0.1, 0.15) is 11.1 Å². The molecule has 4 heteroatoms. The van der Waals surface area contributed by atoms with E-state index in [4.69, 9.17) is 10.5 Å². The van der Waals surface area contributed by atoms with Crippen LogP contribution in [-0.2, 0) is 6.61 Å². The molecule has 0 fully saturated rings. The van der Waals surface area contributed by atoms with Gasteiger partial charge in [0.1, 0.15) is 24.0 Å². The molecule has 0 aromatic heterocycles. The van der Waals surface area contributed by atoms with Crippen molar-refractivity contribution in [3.63, 3.8) is 0 Å². The van der Waals surface area contributed by atoms with E-state index in [1.165, 1.54) is 18.2 Å². The predicted molar refractivity (Wildman–Crippen MR) is 66.3 cm³/mol. The van der Waals surface area contributed by atoms with E-state index >= 15 is 0 Å². The van der Waals surface area contributed by atoms with Gasteiger partial charge in [0.05, 0.1) is 0 Å². The molecule has 18 heavy (non-hydrogen) atoms. The first-order valence-electron chi connectivity index (χ1n) is 5.50. The Hall–Kier alpha value is -2.10. The van der Waals surface area contributed by atoms with Gasteiger partial charge in [0.25, 0.3) is 0 Å². The minimum Gasteiger partial charge on any atom is -0.489 e. The van der Waals surface area contributed by atoms with E-state index in [2.05, 4.69) is 0 Å². The van der Waals surface area contributed by atoms with Crippen molar-refractivity contribution in [3.8, 4) is 5.75 Å². The second-order valence-electron chi connectivity index (χ2n) is 4.01. The van der Waals surface area contributed by atoms with Crippen LogP contribution in [0.2, 0.25) is 0 Å². The molecule has 2 nitrogen and oxygen atoms in total. The van der Waals surface area contributed by atoms with Gasteiger partial charge in [-0.15, -0.1) is 0 Å². The summed E-state index contributed by atoms with van der Waals surface area (Å²) in [5.74, 6) is -0.433. The molecule has 2 aromatic rings. The van der Waals surface area contributed by atoms with Crippen LogP contribution in [0.3, 0.4) is 0 Å². The monoisotopic (exact) mass is 249 g/mol. The molecule has 0 saturated heterocycles. The Kier molecular flexibility index (Phi) is 3.46. The molecule has 0 aliphatic carbocycles. The van der Waals surface area contributed by atoms with Gasteiger partial charge in [0, 0.05) is 17.3 Å². The summed E-state index contributed by atoms with van der Waals surface area (Å²) < 4.78 is 32.1. The zero-order chi connectivity index (χ0) is 13.1. The summed E-state index contributed by atoms with van der Waals surface area (Å²) in [5, 5.41) is 0. The molecule has 0 atom stereocenters. The molecule has 2 aromatic carbocycles. The molecule has 0 aliphatic rings. The lowest BCUT2D eigenvalue weighted by Gasteiger charge is -2.10. The number of aryl methyl sites for hydroxylation is 1. The van der Waals surface area contributed by atoms with Crippen molar-refractivity contribution in [2.75, 3.05) is 5.73 Å². The van der Waals surface area contributed by atoms with Crippen molar-refractivity contribution >= 4 is 5.69 Å². The summed E-state index contributed by atoms with van der Waals surface area (Å²) in [5.41, 5.74) is 6.78. The average Bonchev–Trinajstić information content (AvgIpc) is 2.33. The highest BCUT2D eigenvalue weighted by Crippen LogP contribution is 2.20. The van der Waals surface area contributed by atoms with Gasteiger partial charge in [-0.05, 0) is 30.7 Å². The van der Waals surface area contributed by atoms with Crippen LogP contribution in [0.5, 0.6) is 5.75 Å². The summed E-state index contributed by atoms with van der Waals surface area (Å²) in [6.07, 6.45) is 0. The summed E-state index contributed by atoms with van der Waals surface area (Å²) in [4.78, 5) is 0. The normalized spacial score (nSPS) is 10.4. The second kappa shape index (κ2) is 5.04. The third kappa shape index (κ3) is 2.59. The number of halogens is 2. The van der Waals surface area contributed by atoms with Crippen LogP contribution in [0.15, 0.2) is 36.4 Å². The molecule has 2 N–H and O–H groups in total. The first-order chi connectivity index (χ1) is 8.58. The number of rotatable bonds is 3. The lowest BCUT2D eigenvalue weighted by molar-refractivity contribution is 0.299. The highest BCUT2D eigenvalue weighted by molar-refractivity contribution is 5.47. The highest BCUT2D eigenvalue weighted by atomic mass is 19.1. The van der Waals surface area contributed by atoms with Crippen molar-refractivity contribution in [1.29, 1.82) is 0 Å². The number of benzene rings is 2. The molecular weight excluding hydrogens is 236 g/mol. The Labute approximate surface area is 104 Å². The topological polar surface area (TPSA) is 35.2 Å². The molecule has 0 amide bonds. The highest BCUT2D eigenvalue weighted by Gasteiger charge is 2.07. The Morgan fingerprint density at radius 3 is 2.56 bits per heavy atom. The fourth-order valence-electron chi connectivity index (χ4n) is 1.55. The second-order valence-corrected chi connectivity index (χ2v) is 4.01. The number of nitrogens with two attached hydrogens (primary N) is 1. The van der Waals surface area contributed by atoms with Crippen LogP contribution in [0.25, 0.3) is 0 Å². The molecule has 0 bridgehead atoms. The summed E-state index contributed by atoms with van der Waals surface area (Å²) >= 11 is 0. The predicted octanol–water partition coefficient (Wildman–Crippen LogP) is 3.43. The summed E-state index contributed by atoms with van der Waals surface area (Å²) in [6, 6.07) is 8.94. The summed E-state index contributed by atoms with van der Waals surface area (Å²) in [6.45, 7) is 1.63. The Morgan fingerprint density at radius 1 is 1.11 bits per heavy atom. The average molecular weight is 249 g/mol. The number of nitrogen functional groups attached to an aromatic ring is 1. The third-order valence-corrected chi connectivity index (χ3v) is 2.68. The molecule has 0 unspecified atom stereocenters. The van der Waals surface area contributed by atoms with E-state index in [0.717, 1.165) is 0 Å². The summed E-state index contributed by atoms with van der Waals surface area (Å²) in [7, 11) is 0. The van der Waals surface area contributed by atoms with Crippen LogP contribution in [0.4, 0.5) is 14.5 Å². The number of hydrogen-bond donors (Lipinski definition) is 1. The maximum absolute atomic E-state index is 13.5. The van der Waals surface area contributed by atoms with E-state index in [9.17, 15) is 8.78 Å². The minimum atomic E-state index is -0.428. The largest absolute Gasteiger partial charge is 0.489 e. The number of hydrogen-bond acceptors (Lipinski definition) is 2. The quantitative estimate of drug-likeness (QED) is 0.846. The van der Waals surface area contributed by atoms with Crippen molar-refractivity contribution in [2.24, 2.45) is 0 Å². The van der Waals surface area contributed by atoms with Gasteiger partial charge < -0.3 is 10.5 Å². The van der Waals surface area contributed by atoms with E-state index in [0.29, 0.717) is 17.0 Å². The minimum absolute atomic E-state index is 0.0268. The fourth-order valence-corrected chi connectivity index (χ4v) is 1.55. The molecule has 0 spiro atoms. The van der Waals surface area contributed by atoms with E-state index < -0.39 is 5.82 Å². The zero-order valence-corrected chi connectivity index (χ0v) is 9.91. The lowest BCUT2D eigenvalue weighted by atomic mass is 10.2. The Morgan fingerprint density at radius 2 is 1.89 bits per heavy atom.